The van der Waals surface area contributed by atoms with Gasteiger partial charge in [0.15, 0.2) is 5.82 Å². The Bertz CT molecular complexity index is 823. The van der Waals surface area contributed by atoms with Gasteiger partial charge in [-0.05, 0) is 25.1 Å². The number of hydrogen-bond donors (Lipinski definition) is 2. The first-order valence-corrected chi connectivity index (χ1v) is 7.79. The van der Waals surface area contributed by atoms with Crippen LogP contribution in [0.4, 0.5) is 11.5 Å². The second-order valence-corrected chi connectivity index (χ2v) is 6.20. The standard InChI is InChI=1S/C12H12ClN5O2S/c1-2-18-7-11(12(15)16-18)21(19,20)17-10-4-3-8(6-14)5-9(10)13/h3-5,7,17H,2H2,1H3,(H2,15,16). The highest BCUT2D eigenvalue weighted by molar-refractivity contribution is 7.92. The van der Waals surface area contributed by atoms with Crippen molar-refractivity contribution < 1.29 is 8.42 Å². The van der Waals surface area contributed by atoms with E-state index in [-0.39, 0.29) is 21.4 Å². The molecule has 0 atom stereocenters. The minimum atomic E-state index is -3.90. The quantitative estimate of drug-likeness (QED) is 0.889. The van der Waals surface area contributed by atoms with Gasteiger partial charge < -0.3 is 5.73 Å². The van der Waals surface area contributed by atoms with Gasteiger partial charge in [-0.2, -0.15) is 10.4 Å². The van der Waals surface area contributed by atoms with E-state index < -0.39 is 10.0 Å². The predicted molar refractivity (Wildman–Crippen MR) is 79.3 cm³/mol. The molecule has 0 bridgehead atoms. The van der Waals surface area contributed by atoms with Gasteiger partial charge >= 0.3 is 0 Å². The first-order valence-electron chi connectivity index (χ1n) is 5.92. The molecule has 9 heteroatoms. The normalized spacial score (nSPS) is 11.1. The minimum Gasteiger partial charge on any atom is -0.381 e. The van der Waals surface area contributed by atoms with Crippen molar-refractivity contribution >= 4 is 33.1 Å². The molecule has 0 fully saturated rings. The van der Waals surface area contributed by atoms with Crippen LogP contribution >= 0.6 is 11.6 Å². The van der Waals surface area contributed by atoms with Crippen LogP contribution in [-0.4, -0.2) is 18.2 Å². The summed E-state index contributed by atoms with van der Waals surface area (Å²) in [6.07, 6.45) is 1.34. The Balaban J connectivity index is 2.37. The van der Waals surface area contributed by atoms with Crippen LogP contribution in [0.15, 0.2) is 29.3 Å². The second kappa shape index (κ2) is 5.63. The van der Waals surface area contributed by atoms with Gasteiger partial charge in [-0.3, -0.25) is 9.40 Å². The fraction of sp³-hybridized carbons (Fsp3) is 0.167. The molecule has 0 saturated carbocycles. The van der Waals surface area contributed by atoms with E-state index in [9.17, 15) is 8.42 Å². The maximum atomic E-state index is 12.3. The predicted octanol–water partition coefficient (Wildman–Crippen LogP) is 1.81. The number of rotatable bonds is 4. The molecule has 0 aliphatic carbocycles. The van der Waals surface area contributed by atoms with Crippen molar-refractivity contribution in [2.75, 3.05) is 10.5 Å². The molecular formula is C12H12ClN5O2S. The van der Waals surface area contributed by atoms with E-state index in [0.29, 0.717) is 12.1 Å². The third-order valence-corrected chi connectivity index (χ3v) is 4.41. The summed E-state index contributed by atoms with van der Waals surface area (Å²) in [4.78, 5) is -0.121. The lowest BCUT2D eigenvalue weighted by molar-refractivity contribution is 0.600. The van der Waals surface area contributed by atoms with Crippen LogP contribution in [0.5, 0.6) is 0 Å². The molecule has 0 amide bonds. The van der Waals surface area contributed by atoms with Crippen molar-refractivity contribution in [3.8, 4) is 6.07 Å². The number of nitriles is 1. The van der Waals surface area contributed by atoms with E-state index in [1.165, 1.54) is 29.1 Å². The molecule has 0 aliphatic rings. The molecule has 2 aromatic rings. The lowest BCUT2D eigenvalue weighted by atomic mass is 10.2. The summed E-state index contributed by atoms with van der Waals surface area (Å²) < 4.78 is 28.3. The molecule has 1 aromatic carbocycles. The Morgan fingerprint density at radius 1 is 1.52 bits per heavy atom. The molecular weight excluding hydrogens is 314 g/mol. The van der Waals surface area contributed by atoms with Crippen LogP contribution < -0.4 is 10.5 Å². The minimum absolute atomic E-state index is 0.0888. The van der Waals surface area contributed by atoms with Crippen molar-refractivity contribution in [3.63, 3.8) is 0 Å². The molecule has 7 nitrogen and oxygen atoms in total. The van der Waals surface area contributed by atoms with Gasteiger partial charge in [-0.25, -0.2) is 8.42 Å². The van der Waals surface area contributed by atoms with Gasteiger partial charge in [0.25, 0.3) is 10.0 Å². The van der Waals surface area contributed by atoms with Crippen molar-refractivity contribution in [2.45, 2.75) is 18.4 Å². The van der Waals surface area contributed by atoms with Gasteiger partial charge in [0.2, 0.25) is 0 Å². The molecule has 0 unspecified atom stereocenters. The summed E-state index contributed by atoms with van der Waals surface area (Å²) in [6, 6.07) is 6.16. The van der Waals surface area contributed by atoms with Crippen LogP contribution in [-0.2, 0) is 16.6 Å². The van der Waals surface area contributed by atoms with Crippen LogP contribution in [0.2, 0.25) is 5.02 Å². The van der Waals surface area contributed by atoms with Crippen LogP contribution in [0.3, 0.4) is 0 Å². The zero-order chi connectivity index (χ0) is 15.6. The summed E-state index contributed by atoms with van der Waals surface area (Å²) in [5, 5.41) is 12.8. The van der Waals surface area contributed by atoms with Gasteiger partial charge in [-0.15, -0.1) is 0 Å². The molecule has 110 valence electrons. The number of hydrogen-bond acceptors (Lipinski definition) is 5. The van der Waals surface area contributed by atoms with E-state index >= 15 is 0 Å². The number of halogens is 1. The Morgan fingerprint density at radius 2 is 2.24 bits per heavy atom. The van der Waals surface area contributed by atoms with E-state index in [1.54, 1.807) is 0 Å². The summed E-state index contributed by atoms with van der Waals surface area (Å²) >= 11 is 5.94. The van der Waals surface area contributed by atoms with Crippen molar-refractivity contribution in [1.82, 2.24) is 9.78 Å². The molecule has 3 N–H and O–H groups in total. The van der Waals surface area contributed by atoms with Gasteiger partial charge in [0.1, 0.15) is 4.90 Å². The fourth-order valence-electron chi connectivity index (χ4n) is 1.65. The van der Waals surface area contributed by atoms with Crippen molar-refractivity contribution in [3.05, 3.63) is 35.0 Å². The molecule has 1 aromatic heterocycles. The number of aromatic nitrogens is 2. The lowest BCUT2D eigenvalue weighted by Crippen LogP contribution is -2.14. The van der Waals surface area contributed by atoms with Crippen molar-refractivity contribution in [1.29, 1.82) is 5.26 Å². The average Bonchev–Trinajstić information content (AvgIpc) is 2.83. The monoisotopic (exact) mass is 325 g/mol. The zero-order valence-corrected chi connectivity index (χ0v) is 12.6. The first-order chi connectivity index (χ1) is 9.87. The molecule has 0 saturated heterocycles. The highest BCUT2D eigenvalue weighted by Gasteiger charge is 2.22. The summed E-state index contributed by atoms with van der Waals surface area (Å²) in [7, 11) is -3.90. The van der Waals surface area contributed by atoms with Crippen LogP contribution in [0, 0.1) is 11.3 Å². The van der Waals surface area contributed by atoms with Crippen LogP contribution in [0.25, 0.3) is 0 Å². The molecule has 0 radical (unpaired) electrons. The smallest absolute Gasteiger partial charge is 0.267 e. The molecule has 21 heavy (non-hydrogen) atoms. The number of benzene rings is 1. The van der Waals surface area contributed by atoms with Gasteiger partial charge in [0.05, 0.1) is 22.3 Å². The van der Waals surface area contributed by atoms with E-state index in [0.717, 1.165) is 0 Å². The zero-order valence-electron chi connectivity index (χ0n) is 11.0. The summed E-state index contributed by atoms with van der Waals surface area (Å²) in [5.41, 5.74) is 6.11. The topological polar surface area (TPSA) is 114 Å². The van der Waals surface area contributed by atoms with Crippen molar-refractivity contribution in [2.24, 2.45) is 0 Å². The highest BCUT2D eigenvalue weighted by Crippen LogP contribution is 2.27. The van der Waals surface area contributed by atoms with Gasteiger partial charge in [-0.1, -0.05) is 11.6 Å². The van der Waals surface area contributed by atoms with Gasteiger partial charge in [0, 0.05) is 12.7 Å². The maximum absolute atomic E-state index is 12.3. The Kier molecular flexibility index (Phi) is 4.06. The number of aryl methyl sites for hydroxylation is 1. The summed E-state index contributed by atoms with van der Waals surface area (Å²) in [6.45, 7) is 2.31. The number of nitrogen functional groups attached to an aromatic ring is 1. The SMILES string of the molecule is CCn1cc(S(=O)(=O)Nc2ccc(C#N)cc2Cl)c(N)n1. The lowest BCUT2D eigenvalue weighted by Gasteiger charge is -2.08. The largest absolute Gasteiger partial charge is 0.381 e. The fourth-order valence-corrected chi connectivity index (χ4v) is 3.09. The highest BCUT2D eigenvalue weighted by atomic mass is 35.5. The van der Waals surface area contributed by atoms with E-state index in [1.807, 2.05) is 13.0 Å². The summed E-state index contributed by atoms with van der Waals surface area (Å²) in [5.74, 6) is -0.0888. The number of nitrogens with zero attached hydrogens (tertiary/aromatic N) is 3. The third-order valence-electron chi connectivity index (χ3n) is 2.71. The second-order valence-electron chi connectivity index (χ2n) is 4.15. The first kappa shape index (κ1) is 15.2. The number of nitrogens with one attached hydrogen (secondary N) is 1. The number of anilines is 2. The molecule has 0 aliphatic heterocycles. The van der Waals surface area contributed by atoms with E-state index in [2.05, 4.69) is 9.82 Å². The molecule has 2 rings (SSSR count). The Morgan fingerprint density at radius 3 is 2.76 bits per heavy atom. The Hall–Kier alpha value is -2.24. The van der Waals surface area contributed by atoms with Crippen LogP contribution in [0.1, 0.15) is 12.5 Å². The maximum Gasteiger partial charge on any atom is 0.267 e. The van der Waals surface area contributed by atoms with E-state index in [4.69, 9.17) is 22.6 Å². The average molecular weight is 326 g/mol. The Labute approximate surface area is 127 Å². The number of nitrogens with two attached hydrogens (primary N) is 1. The third kappa shape index (κ3) is 3.09. The number of sulfonamides is 1. The molecule has 1 heterocycles. The molecule has 0 spiro atoms.